The van der Waals surface area contributed by atoms with E-state index in [0.717, 1.165) is 26.1 Å². The van der Waals surface area contributed by atoms with Crippen molar-refractivity contribution >= 4 is 18.3 Å². The maximum Gasteiger partial charge on any atom is 0.227 e. The summed E-state index contributed by atoms with van der Waals surface area (Å²) >= 11 is 0. The molecule has 0 aromatic carbocycles. The summed E-state index contributed by atoms with van der Waals surface area (Å²) in [6.07, 6.45) is 2.06. The monoisotopic (exact) mass is 264 g/mol. The molecule has 1 saturated heterocycles. The van der Waals surface area contributed by atoms with Crippen LogP contribution < -0.4 is 11.1 Å². The van der Waals surface area contributed by atoms with Gasteiger partial charge in [0.15, 0.2) is 0 Å². The van der Waals surface area contributed by atoms with E-state index in [1.807, 2.05) is 13.8 Å². The Labute approximate surface area is 110 Å². The van der Waals surface area contributed by atoms with Crippen molar-refractivity contribution in [3.63, 3.8) is 0 Å². The lowest BCUT2D eigenvalue weighted by molar-refractivity contribution is -0.130. The minimum atomic E-state index is -0.473. The molecule has 0 saturated carbocycles. The van der Waals surface area contributed by atoms with E-state index >= 15 is 0 Å². The molecule has 1 aliphatic heterocycles. The van der Waals surface area contributed by atoms with Gasteiger partial charge in [-0.1, -0.05) is 0 Å². The molecule has 5 heteroatoms. The van der Waals surface area contributed by atoms with Gasteiger partial charge in [-0.15, -0.1) is 12.4 Å². The van der Waals surface area contributed by atoms with Crippen molar-refractivity contribution in [1.82, 2.24) is 5.32 Å². The van der Waals surface area contributed by atoms with Crippen LogP contribution in [0.1, 0.15) is 33.6 Å². The van der Waals surface area contributed by atoms with Gasteiger partial charge in [0.05, 0.1) is 5.41 Å². The first kappa shape index (κ1) is 16.7. The summed E-state index contributed by atoms with van der Waals surface area (Å²) in [7, 11) is 0. The third-order valence-corrected chi connectivity index (χ3v) is 3.46. The summed E-state index contributed by atoms with van der Waals surface area (Å²) in [5, 5.41) is 3.07. The summed E-state index contributed by atoms with van der Waals surface area (Å²) in [5.41, 5.74) is 5.11. The molecule has 17 heavy (non-hydrogen) atoms. The van der Waals surface area contributed by atoms with Gasteiger partial charge < -0.3 is 15.8 Å². The lowest BCUT2D eigenvalue weighted by Gasteiger charge is -2.31. The van der Waals surface area contributed by atoms with Crippen molar-refractivity contribution in [2.45, 2.75) is 39.7 Å². The highest BCUT2D eigenvalue weighted by molar-refractivity contribution is 5.85. The van der Waals surface area contributed by atoms with Crippen LogP contribution in [0.2, 0.25) is 0 Å². The van der Waals surface area contributed by atoms with Crippen molar-refractivity contribution in [2.24, 2.45) is 17.1 Å². The van der Waals surface area contributed by atoms with Crippen molar-refractivity contribution in [3.8, 4) is 0 Å². The van der Waals surface area contributed by atoms with Gasteiger partial charge in [-0.2, -0.15) is 0 Å². The van der Waals surface area contributed by atoms with Gasteiger partial charge in [0.2, 0.25) is 5.91 Å². The van der Waals surface area contributed by atoms with Crippen LogP contribution in [-0.4, -0.2) is 31.7 Å². The Hall–Kier alpha value is -0.320. The first-order valence-corrected chi connectivity index (χ1v) is 6.06. The Kier molecular flexibility index (Phi) is 7.05. The van der Waals surface area contributed by atoms with Crippen molar-refractivity contribution in [3.05, 3.63) is 0 Å². The van der Waals surface area contributed by atoms with Crippen LogP contribution in [0.3, 0.4) is 0 Å². The van der Waals surface area contributed by atoms with E-state index < -0.39 is 5.41 Å². The molecule has 1 aliphatic rings. The molecule has 4 nitrogen and oxygen atoms in total. The fourth-order valence-electron chi connectivity index (χ4n) is 1.83. The van der Waals surface area contributed by atoms with E-state index in [-0.39, 0.29) is 24.4 Å². The maximum absolute atomic E-state index is 11.9. The zero-order chi connectivity index (χ0) is 12.2. The molecular formula is C12H25ClN2O2. The Balaban J connectivity index is 0.00000256. The first-order chi connectivity index (χ1) is 7.47. The Morgan fingerprint density at radius 3 is 2.47 bits per heavy atom. The number of nitrogens with two attached hydrogens (primary N) is 1. The van der Waals surface area contributed by atoms with Crippen LogP contribution in [0.5, 0.6) is 0 Å². The summed E-state index contributed by atoms with van der Waals surface area (Å²) in [6, 6.07) is 0.210. The van der Waals surface area contributed by atoms with Gasteiger partial charge in [-0.25, -0.2) is 0 Å². The van der Waals surface area contributed by atoms with Crippen molar-refractivity contribution < 1.29 is 9.53 Å². The number of amides is 1. The van der Waals surface area contributed by atoms with Crippen LogP contribution >= 0.6 is 12.4 Å². The number of carbonyl (C=O) groups excluding carboxylic acids is 1. The average molecular weight is 265 g/mol. The minimum Gasteiger partial charge on any atom is -0.381 e. The average Bonchev–Trinajstić information content (AvgIpc) is 2.30. The highest BCUT2D eigenvalue weighted by Crippen LogP contribution is 2.20. The number of ether oxygens (including phenoxy) is 1. The fraction of sp³-hybridized carbons (Fsp3) is 0.917. The topological polar surface area (TPSA) is 64.4 Å². The molecule has 3 N–H and O–H groups in total. The molecule has 0 aliphatic carbocycles. The lowest BCUT2D eigenvalue weighted by atomic mass is 9.89. The van der Waals surface area contributed by atoms with Crippen molar-refractivity contribution in [1.29, 1.82) is 0 Å². The van der Waals surface area contributed by atoms with Gasteiger partial charge in [-0.3, -0.25) is 4.79 Å². The van der Waals surface area contributed by atoms with Crippen LogP contribution in [0.15, 0.2) is 0 Å². The Bertz CT molecular complexity index is 241. The van der Waals surface area contributed by atoms with E-state index in [4.69, 9.17) is 10.5 Å². The fourth-order valence-corrected chi connectivity index (χ4v) is 1.83. The van der Waals surface area contributed by atoms with E-state index in [2.05, 4.69) is 12.2 Å². The maximum atomic E-state index is 11.9. The number of rotatable bonds is 4. The molecule has 1 rings (SSSR count). The number of hydrogen-bond acceptors (Lipinski definition) is 3. The third kappa shape index (κ3) is 4.82. The van der Waals surface area contributed by atoms with E-state index in [1.165, 1.54) is 0 Å². The first-order valence-electron chi connectivity index (χ1n) is 6.06. The van der Waals surface area contributed by atoms with Gasteiger partial charge in [0, 0.05) is 25.8 Å². The van der Waals surface area contributed by atoms with Gasteiger partial charge in [-0.05, 0) is 39.5 Å². The number of hydrogen-bond donors (Lipinski definition) is 2. The van der Waals surface area contributed by atoms with Crippen molar-refractivity contribution in [2.75, 3.05) is 19.8 Å². The predicted octanol–water partition coefficient (Wildman–Crippen LogP) is 1.32. The smallest absolute Gasteiger partial charge is 0.227 e. The zero-order valence-electron chi connectivity index (χ0n) is 11.0. The van der Waals surface area contributed by atoms with E-state index in [9.17, 15) is 4.79 Å². The molecule has 0 aromatic rings. The second kappa shape index (κ2) is 7.19. The summed E-state index contributed by atoms with van der Waals surface area (Å²) in [5.74, 6) is 0.584. The molecule has 102 valence electrons. The SMILES string of the molecule is CC(NC(=O)C(C)(C)CN)C1CCOCC1.Cl. The molecule has 1 heterocycles. The Morgan fingerprint density at radius 1 is 1.47 bits per heavy atom. The minimum absolute atomic E-state index is 0. The molecule has 0 spiro atoms. The van der Waals surface area contributed by atoms with Gasteiger partial charge in [0.25, 0.3) is 0 Å². The van der Waals surface area contributed by atoms with Gasteiger partial charge in [0.1, 0.15) is 0 Å². The highest BCUT2D eigenvalue weighted by atomic mass is 35.5. The van der Waals surface area contributed by atoms with Gasteiger partial charge >= 0.3 is 0 Å². The highest BCUT2D eigenvalue weighted by Gasteiger charge is 2.29. The number of nitrogens with one attached hydrogen (secondary N) is 1. The molecule has 0 radical (unpaired) electrons. The quantitative estimate of drug-likeness (QED) is 0.805. The molecular weight excluding hydrogens is 240 g/mol. The molecule has 0 aromatic heterocycles. The molecule has 1 atom stereocenters. The summed E-state index contributed by atoms with van der Waals surface area (Å²) in [4.78, 5) is 11.9. The predicted molar refractivity (Wildman–Crippen MR) is 71.2 cm³/mol. The van der Waals surface area contributed by atoms with E-state index in [0.29, 0.717) is 12.5 Å². The normalized spacial score (nSPS) is 19.3. The zero-order valence-corrected chi connectivity index (χ0v) is 11.8. The third-order valence-electron chi connectivity index (χ3n) is 3.46. The Morgan fingerprint density at radius 2 is 2.00 bits per heavy atom. The van der Waals surface area contributed by atoms with E-state index in [1.54, 1.807) is 0 Å². The van der Waals surface area contributed by atoms with Crippen LogP contribution in [0.4, 0.5) is 0 Å². The molecule has 0 bridgehead atoms. The summed E-state index contributed by atoms with van der Waals surface area (Å²) < 4.78 is 5.31. The van der Waals surface area contributed by atoms with Crippen LogP contribution in [0, 0.1) is 11.3 Å². The standard InChI is InChI=1S/C12H24N2O2.ClH/c1-9(10-4-6-16-7-5-10)14-11(15)12(2,3)8-13;/h9-10H,4-8,13H2,1-3H3,(H,14,15);1H. The van der Waals surface area contributed by atoms with Crippen LogP contribution in [-0.2, 0) is 9.53 Å². The molecule has 1 unspecified atom stereocenters. The molecule has 1 amide bonds. The lowest BCUT2D eigenvalue weighted by Crippen LogP contribution is -2.48. The largest absolute Gasteiger partial charge is 0.381 e. The number of halogens is 1. The van der Waals surface area contributed by atoms with Crippen LogP contribution in [0.25, 0.3) is 0 Å². The second-order valence-corrected chi connectivity index (χ2v) is 5.30. The second-order valence-electron chi connectivity index (χ2n) is 5.30. The summed E-state index contributed by atoms with van der Waals surface area (Å²) in [6.45, 7) is 7.81. The number of carbonyl (C=O) groups is 1. The molecule has 1 fully saturated rings.